The van der Waals surface area contributed by atoms with Crippen LogP contribution in [-0.4, -0.2) is 13.2 Å². The highest BCUT2D eigenvalue weighted by Gasteiger charge is 2.08. The molecule has 19 heavy (non-hydrogen) atoms. The maximum atomic E-state index is 13.6. The summed E-state index contributed by atoms with van der Waals surface area (Å²) in [5, 5.41) is 3.15. The molecule has 1 unspecified atom stereocenters. The van der Waals surface area contributed by atoms with E-state index in [2.05, 4.69) is 5.32 Å². The van der Waals surface area contributed by atoms with Crippen LogP contribution in [0.4, 0.5) is 10.1 Å². The fraction of sp³-hybridized carbons (Fsp3) is 0.333. The zero-order valence-corrected chi connectivity index (χ0v) is 11.2. The number of ether oxygens (including phenoxy) is 1. The van der Waals surface area contributed by atoms with Crippen molar-refractivity contribution in [2.75, 3.05) is 12.4 Å². The van der Waals surface area contributed by atoms with Crippen molar-refractivity contribution in [2.45, 2.75) is 25.8 Å². The van der Waals surface area contributed by atoms with Crippen LogP contribution in [0.3, 0.4) is 0 Å². The quantitative estimate of drug-likeness (QED) is 0.859. The Bertz CT molecular complexity index is 511. The molecule has 102 valence electrons. The molecule has 4 heteroatoms. The van der Waals surface area contributed by atoms with Gasteiger partial charge in [-0.05, 0) is 37.6 Å². The van der Waals surface area contributed by atoms with Crippen LogP contribution in [-0.2, 0) is 6.42 Å². The Morgan fingerprint density at radius 2 is 2.21 bits per heavy atom. The molecule has 0 saturated carbocycles. The summed E-state index contributed by atoms with van der Waals surface area (Å²) in [6, 6.07) is 8.63. The molecule has 0 aliphatic rings. The summed E-state index contributed by atoms with van der Waals surface area (Å²) in [6.45, 7) is 2.02. The van der Waals surface area contributed by atoms with Crippen molar-refractivity contribution < 1.29 is 13.5 Å². The highest BCUT2D eigenvalue weighted by Crippen LogP contribution is 2.22. The Balaban J connectivity index is 1.92. The van der Waals surface area contributed by atoms with Crippen LogP contribution in [0.15, 0.2) is 41.0 Å². The minimum atomic E-state index is -0.273. The fourth-order valence-corrected chi connectivity index (χ4v) is 1.89. The van der Waals surface area contributed by atoms with E-state index in [0.717, 1.165) is 18.6 Å². The molecule has 0 aliphatic carbocycles. The van der Waals surface area contributed by atoms with Gasteiger partial charge in [0.2, 0.25) is 0 Å². The zero-order chi connectivity index (χ0) is 13.7. The lowest BCUT2D eigenvalue weighted by atomic mass is 10.1. The summed E-state index contributed by atoms with van der Waals surface area (Å²) < 4.78 is 24.0. The number of hydrogen-bond donors (Lipinski definition) is 1. The van der Waals surface area contributed by atoms with E-state index in [1.807, 2.05) is 19.1 Å². The van der Waals surface area contributed by atoms with E-state index in [1.165, 1.54) is 6.07 Å². The van der Waals surface area contributed by atoms with Crippen molar-refractivity contribution in [3.05, 3.63) is 48.2 Å². The highest BCUT2D eigenvalue weighted by atomic mass is 19.1. The SMILES string of the molecule is COc1ccc(F)c(NC(C)CCc2ccco2)c1. The van der Waals surface area contributed by atoms with Crippen molar-refractivity contribution in [3.8, 4) is 5.75 Å². The largest absolute Gasteiger partial charge is 0.497 e. The first-order valence-electron chi connectivity index (χ1n) is 6.31. The first-order chi connectivity index (χ1) is 9.19. The molecule has 0 fully saturated rings. The van der Waals surface area contributed by atoms with Gasteiger partial charge in [-0.2, -0.15) is 0 Å². The minimum absolute atomic E-state index is 0.145. The number of furan rings is 1. The fourth-order valence-electron chi connectivity index (χ4n) is 1.89. The van der Waals surface area contributed by atoms with Crippen LogP contribution >= 0.6 is 0 Å². The third kappa shape index (κ3) is 3.74. The number of methoxy groups -OCH3 is 1. The average molecular weight is 263 g/mol. The molecule has 0 radical (unpaired) electrons. The van der Waals surface area contributed by atoms with Crippen molar-refractivity contribution >= 4 is 5.69 Å². The second-order valence-corrected chi connectivity index (χ2v) is 4.51. The molecule has 1 aromatic carbocycles. The Labute approximate surface area is 112 Å². The van der Waals surface area contributed by atoms with Gasteiger partial charge in [0.05, 0.1) is 19.1 Å². The lowest BCUT2D eigenvalue weighted by Gasteiger charge is -2.16. The third-order valence-electron chi connectivity index (χ3n) is 2.98. The van der Waals surface area contributed by atoms with E-state index in [1.54, 1.807) is 25.5 Å². The molecule has 1 N–H and O–H groups in total. The number of rotatable bonds is 6. The Kier molecular flexibility index (Phi) is 4.44. The smallest absolute Gasteiger partial charge is 0.146 e. The third-order valence-corrected chi connectivity index (χ3v) is 2.98. The average Bonchev–Trinajstić information content (AvgIpc) is 2.92. The Hall–Kier alpha value is -1.97. The number of halogens is 1. The molecular weight excluding hydrogens is 245 g/mol. The van der Waals surface area contributed by atoms with E-state index in [-0.39, 0.29) is 11.9 Å². The van der Waals surface area contributed by atoms with E-state index < -0.39 is 0 Å². The van der Waals surface area contributed by atoms with Gasteiger partial charge in [-0.15, -0.1) is 0 Å². The lowest BCUT2D eigenvalue weighted by Crippen LogP contribution is -2.16. The summed E-state index contributed by atoms with van der Waals surface area (Å²) >= 11 is 0. The van der Waals surface area contributed by atoms with E-state index in [9.17, 15) is 4.39 Å². The second-order valence-electron chi connectivity index (χ2n) is 4.51. The summed E-state index contributed by atoms with van der Waals surface area (Å²) in [6.07, 6.45) is 3.35. The van der Waals surface area contributed by atoms with Crippen molar-refractivity contribution in [1.82, 2.24) is 0 Å². The highest BCUT2D eigenvalue weighted by molar-refractivity contribution is 5.50. The predicted molar refractivity (Wildman–Crippen MR) is 73.1 cm³/mol. The maximum absolute atomic E-state index is 13.6. The molecule has 0 saturated heterocycles. The van der Waals surface area contributed by atoms with Gasteiger partial charge < -0.3 is 14.5 Å². The van der Waals surface area contributed by atoms with Crippen molar-refractivity contribution in [3.63, 3.8) is 0 Å². The lowest BCUT2D eigenvalue weighted by molar-refractivity contribution is 0.414. The second kappa shape index (κ2) is 6.27. The van der Waals surface area contributed by atoms with Gasteiger partial charge in [-0.3, -0.25) is 0 Å². The summed E-state index contributed by atoms with van der Waals surface area (Å²) in [4.78, 5) is 0. The van der Waals surface area contributed by atoms with Crippen molar-refractivity contribution in [2.24, 2.45) is 0 Å². The molecule has 1 atom stereocenters. The van der Waals surface area contributed by atoms with Gasteiger partial charge in [-0.1, -0.05) is 0 Å². The maximum Gasteiger partial charge on any atom is 0.146 e. The van der Waals surface area contributed by atoms with Crippen LogP contribution in [0.5, 0.6) is 5.75 Å². The van der Waals surface area contributed by atoms with Crippen LogP contribution < -0.4 is 10.1 Å². The van der Waals surface area contributed by atoms with Gasteiger partial charge >= 0.3 is 0 Å². The summed E-state index contributed by atoms with van der Waals surface area (Å²) in [7, 11) is 1.57. The standard InChI is InChI=1S/C15H18FNO2/c1-11(5-6-12-4-3-9-19-12)17-15-10-13(18-2)7-8-14(15)16/h3-4,7-11,17H,5-6H2,1-2H3. The topological polar surface area (TPSA) is 34.4 Å². The van der Waals surface area contributed by atoms with Gasteiger partial charge in [-0.25, -0.2) is 4.39 Å². The Morgan fingerprint density at radius 3 is 2.89 bits per heavy atom. The first kappa shape index (κ1) is 13.5. The number of nitrogens with one attached hydrogen (secondary N) is 1. The molecule has 0 bridgehead atoms. The molecule has 0 spiro atoms. The minimum Gasteiger partial charge on any atom is -0.497 e. The van der Waals surface area contributed by atoms with Gasteiger partial charge in [0.1, 0.15) is 17.3 Å². The first-order valence-corrected chi connectivity index (χ1v) is 6.31. The van der Waals surface area contributed by atoms with Gasteiger partial charge in [0, 0.05) is 18.5 Å². The monoisotopic (exact) mass is 263 g/mol. The van der Waals surface area contributed by atoms with Crippen molar-refractivity contribution in [1.29, 1.82) is 0 Å². The number of anilines is 1. The van der Waals surface area contributed by atoms with E-state index in [4.69, 9.17) is 9.15 Å². The number of benzene rings is 1. The molecular formula is C15H18FNO2. The van der Waals surface area contributed by atoms with Crippen LogP contribution in [0.1, 0.15) is 19.1 Å². The number of aryl methyl sites for hydroxylation is 1. The summed E-state index contributed by atoms with van der Waals surface area (Å²) in [5.41, 5.74) is 0.464. The van der Waals surface area contributed by atoms with Gasteiger partial charge in [0.25, 0.3) is 0 Å². The molecule has 2 aromatic rings. The molecule has 0 amide bonds. The molecule has 3 nitrogen and oxygen atoms in total. The molecule has 1 heterocycles. The molecule has 2 rings (SSSR count). The predicted octanol–water partition coefficient (Wildman–Crippen LogP) is 3.86. The molecule has 0 aliphatic heterocycles. The van der Waals surface area contributed by atoms with Crippen LogP contribution in [0.25, 0.3) is 0 Å². The number of hydrogen-bond acceptors (Lipinski definition) is 3. The van der Waals surface area contributed by atoms with E-state index in [0.29, 0.717) is 11.4 Å². The van der Waals surface area contributed by atoms with Gasteiger partial charge in [0.15, 0.2) is 0 Å². The molecule has 1 aromatic heterocycles. The van der Waals surface area contributed by atoms with Crippen LogP contribution in [0, 0.1) is 5.82 Å². The zero-order valence-electron chi connectivity index (χ0n) is 11.2. The Morgan fingerprint density at radius 1 is 1.37 bits per heavy atom. The van der Waals surface area contributed by atoms with Crippen LogP contribution in [0.2, 0.25) is 0 Å². The van der Waals surface area contributed by atoms with E-state index >= 15 is 0 Å². The summed E-state index contributed by atoms with van der Waals surface area (Å²) in [5.74, 6) is 1.31. The normalized spacial score (nSPS) is 12.2.